The number of non-ortho nitro benzene ring substituents is 1. The molecule has 10 heteroatoms. The van der Waals surface area contributed by atoms with Crippen molar-refractivity contribution in [3.05, 3.63) is 57.6 Å². The van der Waals surface area contributed by atoms with Crippen LogP contribution in [0.1, 0.15) is 0 Å². The van der Waals surface area contributed by atoms with E-state index in [2.05, 4.69) is 5.32 Å². The molecule has 2 aromatic rings. The molecule has 1 amide bonds. The van der Waals surface area contributed by atoms with Gasteiger partial charge in [-0.2, -0.15) is 0 Å². The fraction of sp³-hybridized carbons (Fsp3) is 0.176. The number of fused-ring (bicyclic) bond motifs is 1. The maximum absolute atomic E-state index is 12.1. The second-order valence-corrected chi connectivity index (χ2v) is 5.85. The number of benzene rings is 2. The van der Waals surface area contributed by atoms with Crippen molar-refractivity contribution in [2.75, 3.05) is 18.5 Å². The zero-order valence-corrected chi connectivity index (χ0v) is 14.5. The summed E-state index contributed by atoms with van der Waals surface area (Å²) in [5.41, 5.74) is -0.198. The molecule has 0 saturated heterocycles. The van der Waals surface area contributed by atoms with Crippen molar-refractivity contribution in [2.45, 2.75) is 6.10 Å². The Labute approximate surface area is 157 Å². The summed E-state index contributed by atoms with van der Waals surface area (Å²) in [5, 5.41) is 13.2. The van der Waals surface area contributed by atoms with Gasteiger partial charge in [-0.3, -0.25) is 14.9 Å². The lowest BCUT2D eigenvalue weighted by atomic mass is 10.2. The van der Waals surface area contributed by atoms with Crippen LogP contribution in [0.25, 0.3) is 0 Å². The van der Waals surface area contributed by atoms with Crippen molar-refractivity contribution >= 4 is 34.9 Å². The standard InChI is InChI=1S/C17H13ClN2O7/c18-11-6-5-10(20(23)24)7-12(11)19-16(21)9-26-17(22)15-8-25-13-3-1-2-4-14(13)27-15/h1-7,15H,8-9H2,(H,19,21)/t15-/m1/s1. The van der Waals surface area contributed by atoms with Gasteiger partial charge in [-0.25, -0.2) is 4.79 Å². The van der Waals surface area contributed by atoms with E-state index in [1.165, 1.54) is 12.1 Å². The summed E-state index contributed by atoms with van der Waals surface area (Å²) in [7, 11) is 0. The van der Waals surface area contributed by atoms with Crippen LogP contribution in [0.15, 0.2) is 42.5 Å². The highest BCUT2D eigenvalue weighted by molar-refractivity contribution is 6.33. The van der Waals surface area contributed by atoms with Crippen LogP contribution in [-0.4, -0.2) is 36.1 Å². The smallest absolute Gasteiger partial charge is 0.351 e. The highest BCUT2D eigenvalue weighted by Gasteiger charge is 2.29. The number of nitro benzene ring substituents is 1. The van der Waals surface area contributed by atoms with Crippen LogP contribution in [-0.2, 0) is 14.3 Å². The third-order valence-electron chi connectivity index (χ3n) is 3.55. The molecule has 0 aliphatic carbocycles. The van der Waals surface area contributed by atoms with Gasteiger partial charge in [0.25, 0.3) is 11.6 Å². The number of anilines is 1. The minimum absolute atomic E-state index is 0.0399. The largest absolute Gasteiger partial charge is 0.485 e. The summed E-state index contributed by atoms with van der Waals surface area (Å²) in [6, 6.07) is 10.4. The van der Waals surface area contributed by atoms with Crippen LogP contribution in [0.3, 0.4) is 0 Å². The number of carbonyl (C=O) groups is 2. The van der Waals surface area contributed by atoms with Gasteiger partial charge in [0.2, 0.25) is 6.10 Å². The second-order valence-electron chi connectivity index (χ2n) is 5.44. The Morgan fingerprint density at radius 3 is 2.74 bits per heavy atom. The van der Waals surface area contributed by atoms with E-state index in [1.54, 1.807) is 24.3 Å². The van der Waals surface area contributed by atoms with Gasteiger partial charge >= 0.3 is 5.97 Å². The number of para-hydroxylation sites is 2. The monoisotopic (exact) mass is 392 g/mol. The van der Waals surface area contributed by atoms with Crippen molar-refractivity contribution in [1.29, 1.82) is 0 Å². The van der Waals surface area contributed by atoms with Gasteiger partial charge in [-0.05, 0) is 18.2 Å². The zero-order valence-electron chi connectivity index (χ0n) is 13.7. The average molecular weight is 393 g/mol. The summed E-state index contributed by atoms with van der Waals surface area (Å²) in [6.07, 6.45) is -1.01. The van der Waals surface area contributed by atoms with Gasteiger partial charge in [0.15, 0.2) is 18.1 Å². The number of halogens is 1. The first-order chi connectivity index (χ1) is 12.9. The lowest BCUT2D eigenvalue weighted by Gasteiger charge is -2.24. The number of ether oxygens (including phenoxy) is 3. The normalized spacial score (nSPS) is 14.9. The summed E-state index contributed by atoms with van der Waals surface area (Å²) in [4.78, 5) is 34.2. The maximum atomic E-state index is 12.1. The highest BCUT2D eigenvalue weighted by Crippen LogP contribution is 2.31. The third kappa shape index (κ3) is 4.45. The van der Waals surface area contributed by atoms with E-state index < -0.39 is 29.5 Å². The van der Waals surface area contributed by atoms with Gasteiger partial charge in [-0.1, -0.05) is 23.7 Å². The minimum Gasteiger partial charge on any atom is -0.485 e. The van der Waals surface area contributed by atoms with E-state index in [-0.39, 0.29) is 23.0 Å². The Hall–Kier alpha value is -3.33. The molecule has 0 saturated carbocycles. The molecule has 0 bridgehead atoms. The second kappa shape index (κ2) is 7.92. The van der Waals surface area contributed by atoms with Gasteiger partial charge in [0.1, 0.15) is 6.61 Å². The number of nitro groups is 1. The van der Waals surface area contributed by atoms with Crippen LogP contribution in [0, 0.1) is 10.1 Å². The maximum Gasteiger partial charge on any atom is 0.351 e. The summed E-state index contributed by atoms with van der Waals surface area (Å²) in [5.74, 6) is -0.564. The predicted octanol–water partition coefficient (Wildman–Crippen LogP) is 2.57. The van der Waals surface area contributed by atoms with Crippen molar-refractivity contribution in [3.8, 4) is 11.5 Å². The molecule has 0 spiro atoms. The van der Waals surface area contributed by atoms with Crippen LogP contribution in [0.5, 0.6) is 11.5 Å². The number of esters is 1. The van der Waals surface area contributed by atoms with Crippen LogP contribution in [0.2, 0.25) is 5.02 Å². The Kier molecular flexibility index (Phi) is 5.41. The first-order valence-electron chi connectivity index (χ1n) is 7.73. The van der Waals surface area contributed by atoms with Crippen LogP contribution >= 0.6 is 11.6 Å². The highest BCUT2D eigenvalue weighted by atomic mass is 35.5. The molecule has 1 aliphatic heterocycles. The Morgan fingerprint density at radius 1 is 1.26 bits per heavy atom. The predicted molar refractivity (Wildman–Crippen MR) is 94.0 cm³/mol. The topological polar surface area (TPSA) is 117 Å². The van der Waals surface area contributed by atoms with E-state index in [4.69, 9.17) is 25.8 Å². The fourth-order valence-electron chi connectivity index (χ4n) is 2.27. The van der Waals surface area contributed by atoms with Gasteiger partial charge in [-0.15, -0.1) is 0 Å². The molecule has 27 heavy (non-hydrogen) atoms. The van der Waals surface area contributed by atoms with E-state index in [0.29, 0.717) is 11.5 Å². The number of amides is 1. The quantitative estimate of drug-likeness (QED) is 0.472. The zero-order chi connectivity index (χ0) is 19.4. The molecule has 3 rings (SSSR count). The molecular weight excluding hydrogens is 380 g/mol. The molecule has 1 aliphatic rings. The van der Waals surface area contributed by atoms with Gasteiger partial charge in [0.05, 0.1) is 15.6 Å². The molecule has 0 unspecified atom stereocenters. The Bertz CT molecular complexity index is 903. The number of hydrogen-bond donors (Lipinski definition) is 1. The molecule has 0 aromatic heterocycles. The molecule has 9 nitrogen and oxygen atoms in total. The third-order valence-corrected chi connectivity index (χ3v) is 3.88. The number of nitrogens with zero attached hydrogens (tertiary/aromatic N) is 1. The number of nitrogens with one attached hydrogen (secondary N) is 1. The molecule has 1 N–H and O–H groups in total. The van der Waals surface area contributed by atoms with Gasteiger partial charge < -0.3 is 19.5 Å². The fourth-order valence-corrected chi connectivity index (χ4v) is 2.44. The van der Waals surface area contributed by atoms with Crippen LogP contribution in [0.4, 0.5) is 11.4 Å². The summed E-state index contributed by atoms with van der Waals surface area (Å²) < 4.78 is 15.8. The molecule has 2 aromatic carbocycles. The lowest BCUT2D eigenvalue weighted by molar-refractivity contribution is -0.384. The molecule has 1 atom stereocenters. The van der Waals surface area contributed by atoms with Crippen molar-refractivity contribution in [2.24, 2.45) is 0 Å². The minimum atomic E-state index is -1.01. The summed E-state index contributed by atoms with van der Waals surface area (Å²) in [6.45, 7) is -0.659. The van der Waals surface area contributed by atoms with Gasteiger partial charge in [0, 0.05) is 12.1 Å². The average Bonchev–Trinajstić information content (AvgIpc) is 2.67. The molecular formula is C17H13ClN2O7. The van der Waals surface area contributed by atoms with Crippen LogP contribution < -0.4 is 14.8 Å². The first-order valence-corrected chi connectivity index (χ1v) is 8.11. The Morgan fingerprint density at radius 2 is 2.00 bits per heavy atom. The number of carbonyl (C=O) groups excluding carboxylic acids is 2. The first kappa shape index (κ1) is 18.5. The lowest BCUT2D eigenvalue weighted by Crippen LogP contribution is -2.39. The van der Waals surface area contributed by atoms with Crippen molar-refractivity contribution in [1.82, 2.24) is 0 Å². The van der Waals surface area contributed by atoms with Crippen molar-refractivity contribution < 1.29 is 28.7 Å². The van der Waals surface area contributed by atoms with E-state index in [1.807, 2.05) is 0 Å². The molecule has 0 radical (unpaired) electrons. The SMILES string of the molecule is O=C(COC(=O)[C@H]1COc2ccccc2O1)Nc1cc([N+](=O)[O-])ccc1Cl. The molecule has 1 heterocycles. The van der Waals surface area contributed by atoms with Crippen molar-refractivity contribution in [3.63, 3.8) is 0 Å². The van der Waals surface area contributed by atoms with E-state index >= 15 is 0 Å². The molecule has 140 valence electrons. The molecule has 0 fully saturated rings. The number of hydrogen-bond acceptors (Lipinski definition) is 7. The number of rotatable bonds is 5. The summed E-state index contributed by atoms with van der Waals surface area (Å²) >= 11 is 5.90. The van der Waals surface area contributed by atoms with E-state index in [9.17, 15) is 19.7 Å². The van der Waals surface area contributed by atoms with E-state index in [0.717, 1.165) is 6.07 Å². The Balaban J connectivity index is 1.54.